The first-order valence-electron chi connectivity index (χ1n) is 19.1. The number of carbonyl (C=O) groups is 1. The van der Waals surface area contributed by atoms with E-state index in [9.17, 15) is 23.7 Å². The van der Waals surface area contributed by atoms with Crippen molar-refractivity contribution in [2.75, 3.05) is 6.61 Å². The van der Waals surface area contributed by atoms with Crippen molar-refractivity contribution in [3.8, 4) is 0 Å². The van der Waals surface area contributed by atoms with Crippen molar-refractivity contribution in [2.45, 2.75) is 213 Å². The highest BCUT2D eigenvalue weighted by molar-refractivity contribution is 7.62. The molecule has 0 aliphatic heterocycles. The van der Waals surface area contributed by atoms with E-state index in [4.69, 9.17) is 15.0 Å². The Kier molecular flexibility index (Phi) is 21.2. The topological polar surface area (TPSA) is 148 Å². The average molecular weight is 725 g/mol. The zero-order chi connectivity index (χ0) is 37.5. The molecule has 0 saturated carbocycles. The Morgan fingerprint density at radius 2 is 1.35 bits per heavy atom. The molecule has 11 heteroatoms. The fraction of sp³-hybridized carbons (Fsp3) is 0.973. The predicted molar refractivity (Wildman–Crippen MR) is 203 cm³/mol. The van der Waals surface area contributed by atoms with Crippen LogP contribution in [0.15, 0.2) is 0 Å². The highest BCUT2D eigenvalue weighted by atomic mass is 31.2. The van der Waals surface area contributed by atoms with Gasteiger partial charge in [-0.2, -0.15) is 0 Å². The molecule has 0 saturated heterocycles. The third-order valence-electron chi connectivity index (χ3n) is 10.6. The Bertz CT molecular complexity index is 1020. The molecule has 0 radical (unpaired) electrons. The van der Waals surface area contributed by atoms with E-state index >= 15 is 0 Å². The maximum absolute atomic E-state index is 14.6. The number of carbonyl (C=O) groups excluding carboxylic acids is 1. The van der Waals surface area contributed by atoms with Crippen molar-refractivity contribution in [2.24, 2.45) is 17.6 Å². The second kappa shape index (κ2) is 21.3. The zero-order valence-corrected chi connectivity index (χ0v) is 34.9. The molecule has 0 aliphatic rings. The van der Waals surface area contributed by atoms with Crippen LogP contribution < -0.4 is 11.1 Å². The van der Waals surface area contributed by atoms with Crippen LogP contribution in [-0.2, 0) is 23.2 Å². The fourth-order valence-corrected chi connectivity index (χ4v) is 11.5. The van der Waals surface area contributed by atoms with Crippen LogP contribution in [0.1, 0.15) is 186 Å². The van der Waals surface area contributed by atoms with Gasteiger partial charge in [0.15, 0.2) is 10.7 Å². The van der Waals surface area contributed by atoms with Gasteiger partial charge >= 0.3 is 7.60 Å². The summed E-state index contributed by atoms with van der Waals surface area (Å²) in [7, 11) is -8.74. The maximum atomic E-state index is 14.6. The third-order valence-corrected chi connectivity index (χ3v) is 16.6. The predicted octanol–water partition coefficient (Wildman–Crippen LogP) is 10.5. The van der Waals surface area contributed by atoms with Gasteiger partial charge in [-0.05, 0) is 84.5 Å². The standard InChI is InChI=1S/C37H78N2O7P2/c1-13-19-21-22-23-25-35(10,24-20-14-2)47(41,42)37(12,18-6)46-48(43,44)36(11,17-5)45-29-31(15-3)27-32(16-4)39-33(40)26-30(7)28-34(8,9)38/h30-32H,13-29,38H2,1-12H3,(H,39,40)(H,41,42)(H,43,44). The van der Waals surface area contributed by atoms with Crippen molar-refractivity contribution in [1.82, 2.24) is 5.32 Å². The molecule has 0 aromatic heterocycles. The van der Waals surface area contributed by atoms with Gasteiger partial charge in [0.1, 0.15) is 0 Å². The maximum Gasteiger partial charge on any atom is 0.360 e. The van der Waals surface area contributed by atoms with Gasteiger partial charge in [-0.15, -0.1) is 0 Å². The number of ether oxygens (including phenoxy) is 1. The number of nitrogens with two attached hydrogens (primary N) is 1. The first-order chi connectivity index (χ1) is 22.1. The normalized spacial score (nSPS) is 20.7. The summed E-state index contributed by atoms with van der Waals surface area (Å²) in [4.78, 5) is 36.4. The van der Waals surface area contributed by atoms with Gasteiger partial charge in [-0.3, -0.25) is 18.4 Å². The van der Waals surface area contributed by atoms with Crippen LogP contribution in [0.2, 0.25) is 0 Å². The molecule has 0 bridgehead atoms. The summed E-state index contributed by atoms with van der Waals surface area (Å²) in [5.74, 6) is 0.184. The average Bonchev–Trinajstić information content (AvgIpc) is 2.99. The smallest absolute Gasteiger partial charge is 0.360 e. The van der Waals surface area contributed by atoms with Crippen LogP contribution in [0.25, 0.3) is 0 Å². The SMILES string of the molecule is CCCCCCCC(C)(CCCC)P(=O)(O)C(C)(CC)OP(=O)(O)C(C)(CC)OCC(CC)CC(CC)NC(=O)CC(C)CC(C)(C)N. The lowest BCUT2D eigenvalue weighted by atomic mass is 9.90. The van der Waals surface area contributed by atoms with E-state index in [2.05, 4.69) is 19.2 Å². The van der Waals surface area contributed by atoms with Crippen molar-refractivity contribution >= 4 is 20.9 Å². The highest BCUT2D eigenvalue weighted by Gasteiger charge is 2.59. The van der Waals surface area contributed by atoms with Crippen molar-refractivity contribution in [3.63, 3.8) is 0 Å². The number of amides is 1. The zero-order valence-electron chi connectivity index (χ0n) is 33.2. The second-order valence-electron chi connectivity index (χ2n) is 16.0. The van der Waals surface area contributed by atoms with E-state index in [0.717, 1.165) is 64.2 Å². The van der Waals surface area contributed by atoms with Crippen LogP contribution in [0.5, 0.6) is 0 Å². The lowest BCUT2D eigenvalue weighted by molar-refractivity contribution is -0.123. The van der Waals surface area contributed by atoms with Crippen molar-refractivity contribution < 1.29 is 33.0 Å². The molecule has 9 nitrogen and oxygen atoms in total. The molecule has 0 heterocycles. The minimum Gasteiger partial charge on any atom is -0.362 e. The summed E-state index contributed by atoms with van der Waals surface area (Å²) < 4.78 is 41.2. The molecule has 0 fully saturated rings. The Morgan fingerprint density at radius 3 is 1.83 bits per heavy atom. The van der Waals surface area contributed by atoms with Crippen LogP contribution in [-0.4, -0.2) is 49.7 Å². The molecule has 0 aliphatic carbocycles. The van der Waals surface area contributed by atoms with E-state index in [1.807, 2.05) is 41.5 Å². The Balaban J connectivity index is 5.90. The van der Waals surface area contributed by atoms with Gasteiger partial charge in [-0.25, -0.2) is 0 Å². The molecule has 288 valence electrons. The molecule has 0 rings (SSSR count). The van der Waals surface area contributed by atoms with Crippen molar-refractivity contribution in [1.29, 1.82) is 0 Å². The summed E-state index contributed by atoms with van der Waals surface area (Å²) in [6, 6.07) is -0.0550. The Labute approximate surface area is 296 Å². The van der Waals surface area contributed by atoms with Gasteiger partial charge in [0.25, 0.3) is 0 Å². The monoisotopic (exact) mass is 725 g/mol. The van der Waals surface area contributed by atoms with E-state index in [1.165, 1.54) is 6.92 Å². The molecule has 5 N–H and O–H groups in total. The van der Waals surface area contributed by atoms with Crippen molar-refractivity contribution in [3.05, 3.63) is 0 Å². The second-order valence-corrected chi connectivity index (χ2v) is 21.4. The number of nitrogens with one attached hydrogen (secondary N) is 1. The number of hydrogen-bond donors (Lipinski definition) is 4. The van der Waals surface area contributed by atoms with Gasteiger partial charge in [0.05, 0.1) is 6.61 Å². The van der Waals surface area contributed by atoms with E-state index < -0.39 is 30.8 Å². The van der Waals surface area contributed by atoms with Crippen LogP contribution in [0.4, 0.5) is 0 Å². The molecule has 8 atom stereocenters. The number of unbranched alkanes of at least 4 members (excludes halogenated alkanes) is 5. The summed E-state index contributed by atoms with van der Waals surface area (Å²) in [6.45, 7) is 23.0. The minimum absolute atomic E-state index is 0.000192. The van der Waals surface area contributed by atoms with E-state index in [1.54, 1.807) is 20.8 Å². The van der Waals surface area contributed by atoms with Crippen LogP contribution in [0.3, 0.4) is 0 Å². The minimum atomic E-state index is -4.58. The molecular formula is C37H78N2O7P2. The lowest BCUT2D eigenvalue weighted by Crippen LogP contribution is -2.41. The molecular weight excluding hydrogens is 646 g/mol. The first-order valence-corrected chi connectivity index (χ1v) is 22.4. The van der Waals surface area contributed by atoms with Crippen LogP contribution >= 0.6 is 15.0 Å². The molecule has 0 aromatic rings. The fourth-order valence-electron chi connectivity index (χ4n) is 6.70. The Hall–Kier alpha value is -0.270. The van der Waals surface area contributed by atoms with E-state index in [-0.39, 0.29) is 48.8 Å². The molecule has 0 spiro atoms. The summed E-state index contributed by atoms with van der Waals surface area (Å²) >= 11 is 0. The Morgan fingerprint density at radius 1 is 0.812 bits per heavy atom. The van der Waals surface area contributed by atoms with Gasteiger partial charge in [0.2, 0.25) is 13.3 Å². The molecule has 1 amide bonds. The molecule has 48 heavy (non-hydrogen) atoms. The quantitative estimate of drug-likeness (QED) is 0.0460. The largest absolute Gasteiger partial charge is 0.362 e. The van der Waals surface area contributed by atoms with Gasteiger partial charge < -0.3 is 25.6 Å². The first kappa shape index (κ1) is 47.7. The lowest BCUT2D eigenvalue weighted by Gasteiger charge is -2.46. The highest BCUT2D eigenvalue weighted by Crippen LogP contribution is 2.73. The molecule has 8 unspecified atom stereocenters. The number of hydrogen-bond acceptors (Lipinski definition) is 6. The summed E-state index contributed by atoms with van der Waals surface area (Å²) in [6.07, 6.45) is 11.6. The van der Waals surface area contributed by atoms with Gasteiger partial charge in [-0.1, -0.05) is 107 Å². The molecule has 0 aromatic carbocycles. The van der Waals surface area contributed by atoms with Crippen LogP contribution in [0, 0.1) is 11.8 Å². The number of rotatable bonds is 28. The van der Waals surface area contributed by atoms with E-state index in [0.29, 0.717) is 25.7 Å². The third kappa shape index (κ3) is 14.8. The summed E-state index contributed by atoms with van der Waals surface area (Å²) in [5, 5.41) is -1.06. The van der Waals surface area contributed by atoms with Gasteiger partial charge in [0, 0.05) is 23.2 Å². The summed E-state index contributed by atoms with van der Waals surface area (Å²) in [5.41, 5.74) is 5.81.